The Balaban J connectivity index is 5.15. The lowest BCUT2D eigenvalue weighted by Crippen LogP contribution is -2.30. The van der Waals surface area contributed by atoms with Crippen LogP contribution in [0.15, 0.2) is 0 Å². The van der Waals surface area contributed by atoms with E-state index in [9.17, 15) is 43.2 Å². The molecule has 0 aliphatic carbocycles. The van der Waals surface area contributed by atoms with Crippen molar-refractivity contribution in [3.8, 4) is 0 Å². The second-order valence-electron chi connectivity index (χ2n) is 24.6. The number of phosphoric acid groups is 2. The number of phosphoric ester groups is 2. The molecule has 3 N–H and O–H groups in total. The van der Waals surface area contributed by atoms with Gasteiger partial charge < -0.3 is 33.8 Å². The van der Waals surface area contributed by atoms with Gasteiger partial charge in [-0.05, 0) is 25.7 Å². The standard InChI is InChI=1S/C68H132O17P2/c1-5-9-13-17-21-25-27-28-29-30-31-32-33-34-35-39-43-47-51-55-68(73)85-64(59-79-66(71)53-49-45-41-38-26-22-18-14-10-6-2)61-83-87(76,77)81-57-62(69)56-80-86(74,75)82-60-63(84-67(72)54-50-46-42-37-24-20-16-12-8-4)58-78-65(70)52-48-44-40-36-23-19-15-11-7-3/h62-64,69H,5-61H2,1-4H3,(H,74,75)(H,76,77)/t62-,63+,64+/m0/s1. The van der Waals surface area contributed by atoms with Crippen LogP contribution >= 0.6 is 15.6 Å². The minimum absolute atomic E-state index is 0.106. The number of rotatable bonds is 69. The van der Waals surface area contributed by atoms with Gasteiger partial charge in [-0.3, -0.25) is 37.3 Å². The normalized spacial score (nSPS) is 14.1. The highest BCUT2D eigenvalue weighted by molar-refractivity contribution is 7.47. The van der Waals surface area contributed by atoms with E-state index in [1.807, 2.05) is 0 Å². The van der Waals surface area contributed by atoms with E-state index in [1.54, 1.807) is 0 Å². The molecule has 516 valence electrons. The summed E-state index contributed by atoms with van der Waals surface area (Å²) in [6.45, 7) is 4.89. The van der Waals surface area contributed by atoms with Crippen LogP contribution in [0.3, 0.4) is 0 Å². The molecule has 0 radical (unpaired) electrons. The molecule has 0 aromatic carbocycles. The van der Waals surface area contributed by atoms with Gasteiger partial charge in [-0.15, -0.1) is 0 Å². The summed E-state index contributed by atoms with van der Waals surface area (Å²) < 4.78 is 68.1. The molecule has 0 aliphatic rings. The highest BCUT2D eigenvalue weighted by Crippen LogP contribution is 2.45. The summed E-state index contributed by atoms with van der Waals surface area (Å²) in [6, 6.07) is 0. The quantitative estimate of drug-likeness (QED) is 0.0222. The van der Waals surface area contributed by atoms with Crippen molar-refractivity contribution < 1.29 is 80.2 Å². The van der Waals surface area contributed by atoms with Crippen molar-refractivity contribution in [2.45, 2.75) is 373 Å². The van der Waals surface area contributed by atoms with Gasteiger partial charge in [0.15, 0.2) is 12.2 Å². The summed E-state index contributed by atoms with van der Waals surface area (Å²) in [4.78, 5) is 72.3. The van der Waals surface area contributed by atoms with Crippen LogP contribution in [0.25, 0.3) is 0 Å². The van der Waals surface area contributed by atoms with E-state index in [2.05, 4.69) is 27.7 Å². The Morgan fingerprint density at radius 3 is 0.678 bits per heavy atom. The molecule has 0 aliphatic heterocycles. The largest absolute Gasteiger partial charge is 0.472 e. The topological polar surface area (TPSA) is 237 Å². The Labute approximate surface area is 530 Å². The molecule has 0 aromatic rings. The van der Waals surface area contributed by atoms with Crippen molar-refractivity contribution in [2.75, 3.05) is 39.6 Å². The van der Waals surface area contributed by atoms with E-state index >= 15 is 0 Å². The first-order valence-corrected chi connectivity index (χ1v) is 38.8. The highest BCUT2D eigenvalue weighted by atomic mass is 31.2. The lowest BCUT2D eigenvalue weighted by Gasteiger charge is -2.21. The van der Waals surface area contributed by atoms with Crippen LogP contribution in [0.5, 0.6) is 0 Å². The smallest absolute Gasteiger partial charge is 0.462 e. The molecule has 0 saturated heterocycles. The van der Waals surface area contributed by atoms with Crippen molar-refractivity contribution in [1.29, 1.82) is 0 Å². The molecule has 0 fully saturated rings. The van der Waals surface area contributed by atoms with Gasteiger partial charge in [0.05, 0.1) is 26.4 Å². The monoisotopic (exact) mass is 1280 g/mol. The number of esters is 4. The number of aliphatic hydroxyl groups excluding tert-OH is 1. The van der Waals surface area contributed by atoms with Gasteiger partial charge in [0.25, 0.3) is 0 Å². The summed E-state index contributed by atoms with van der Waals surface area (Å²) >= 11 is 0. The molecular formula is C68H132O17P2. The van der Waals surface area contributed by atoms with Gasteiger partial charge >= 0.3 is 39.5 Å². The average Bonchev–Trinajstić information content (AvgIpc) is 3.68. The first-order valence-electron chi connectivity index (χ1n) is 35.8. The Bertz CT molecular complexity index is 1670. The number of hydrogen-bond donors (Lipinski definition) is 3. The molecule has 17 nitrogen and oxygen atoms in total. The molecule has 5 atom stereocenters. The Hall–Kier alpha value is -1.94. The van der Waals surface area contributed by atoms with Gasteiger partial charge in [-0.1, -0.05) is 304 Å². The first-order chi connectivity index (χ1) is 42.2. The van der Waals surface area contributed by atoms with Crippen LogP contribution in [-0.4, -0.2) is 96.7 Å². The Morgan fingerprint density at radius 2 is 0.460 bits per heavy atom. The van der Waals surface area contributed by atoms with Crippen molar-refractivity contribution >= 4 is 39.5 Å². The van der Waals surface area contributed by atoms with Gasteiger partial charge in [-0.25, -0.2) is 9.13 Å². The number of carbonyl (C=O) groups excluding carboxylic acids is 4. The number of unbranched alkanes of at least 4 members (excludes halogenated alkanes) is 43. The first kappa shape index (κ1) is 85.1. The van der Waals surface area contributed by atoms with Crippen LogP contribution in [0, 0.1) is 0 Å². The van der Waals surface area contributed by atoms with E-state index < -0.39 is 97.5 Å². The maximum Gasteiger partial charge on any atom is 0.472 e. The van der Waals surface area contributed by atoms with Crippen LogP contribution < -0.4 is 0 Å². The van der Waals surface area contributed by atoms with E-state index in [4.69, 9.17) is 37.0 Å². The molecule has 87 heavy (non-hydrogen) atoms. The fourth-order valence-corrected chi connectivity index (χ4v) is 11.9. The molecule has 0 heterocycles. The zero-order valence-electron chi connectivity index (χ0n) is 56.0. The average molecular weight is 1280 g/mol. The maximum atomic E-state index is 13.0. The lowest BCUT2D eigenvalue weighted by molar-refractivity contribution is -0.161. The number of hydrogen-bond acceptors (Lipinski definition) is 15. The number of ether oxygens (including phenoxy) is 4. The number of aliphatic hydroxyl groups is 1. The fraction of sp³-hybridized carbons (Fsp3) is 0.941. The summed E-state index contributed by atoms with van der Waals surface area (Å²) in [6.07, 6.45) is 50.0. The summed E-state index contributed by atoms with van der Waals surface area (Å²) in [5.74, 6) is -2.13. The fourth-order valence-electron chi connectivity index (χ4n) is 10.3. The van der Waals surface area contributed by atoms with Crippen molar-refractivity contribution in [3.63, 3.8) is 0 Å². The van der Waals surface area contributed by atoms with Crippen LogP contribution in [0.4, 0.5) is 0 Å². The summed E-state index contributed by atoms with van der Waals surface area (Å²) in [5.41, 5.74) is 0. The van der Waals surface area contributed by atoms with Crippen LogP contribution in [0.2, 0.25) is 0 Å². The molecular weight excluding hydrogens is 1150 g/mol. The third-order valence-electron chi connectivity index (χ3n) is 15.9. The third kappa shape index (κ3) is 62.6. The van der Waals surface area contributed by atoms with Crippen molar-refractivity contribution in [3.05, 3.63) is 0 Å². The maximum absolute atomic E-state index is 13.0. The van der Waals surface area contributed by atoms with E-state index in [0.29, 0.717) is 25.7 Å². The molecule has 2 unspecified atom stereocenters. The lowest BCUT2D eigenvalue weighted by atomic mass is 10.0. The molecule has 0 saturated carbocycles. The van der Waals surface area contributed by atoms with Crippen LogP contribution in [-0.2, 0) is 65.4 Å². The summed E-state index contributed by atoms with van der Waals surface area (Å²) in [7, 11) is -9.89. The Kier molecular flexibility index (Phi) is 61.4. The molecule has 0 amide bonds. The minimum atomic E-state index is -4.95. The number of carbonyl (C=O) groups is 4. The third-order valence-corrected chi connectivity index (χ3v) is 17.8. The minimum Gasteiger partial charge on any atom is -0.462 e. The summed E-state index contributed by atoms with van der Waals surface area (Å²) in [5, 5.41) is 10.5. The second-order valence-corrected chi connectivity index (χ2v) is 27.5. The molecule has 0 rings (SSSR count). The molecule has 0 spiro atoms. The van der Waals surface area contributed by atoms with E-state index in [0.717, 1.165) is 89.9 Å². The van der Waals surface area contributed by atoms with Gasteiger partial charge in [0.1, 0.15) is 19.3 Å². The molecule has 19 heteroatoms. The molecule has 0 bridgehead atoms. The second kappa shape index (κ2) is 62.8. The predicted molar refractivity (Wildman–Crippen MR) is 349 cm³/mol. The highest BCUT2D eigenvalue weighted by Gasteiger charge is 2.30. The van der Waals surface area contributed by atoms with Crippen molar-refractivity contribution in [2.24, 2.45) is 0 Å². The van der Waals surface area contributed by atoms with Crippen LogP contribution in [0.1, 0.15) is 355 Å². The predicted octanol–water partition coefficient (Wildman–Crippen LogP) is 19.5. The Morgan fingerprint density at radius 1 is 0.276 bits per heavy atom. The van der Waals surface area contributed by atoms with Gasteiger partial charge in [0.2, 0.25) is 0 Å². The van der Waals surface area contributed by atoms with Gasteiger partial charge in [-0.2, -0.15) is 0 Å². The zero-order chi connectivity index (χ0) is 64.0. The molecule has 0 aromatic heterocycles. The zero-order valence-corrected chi connectivity index (χ0v) is 57.8. The van der Waals surface area contributed by atoms with E-state index in [1.165, 1.54) is 186 Å². The van der Waals surface area contributed by atoms with E-state index in [-0.39, 0.29) is 25.7 Å². The van der Waals surface area contributed by atoms with Gasteiger partial charge in [0, 0.05) is 25.7 Å². The SMILES string of the molecule is CCCCCCCCCCCCCCCCCCCCCC(=O)O[C@H](COC(=O)CCCCCCCCCCCC)COP(=O)(O)OC[C@@H](O)COP(=O)(O)OC[C@@H](COC(=O)CCCCCCCCCCC)OC(=O)CCCCCCCCCCC. The van der Waals surface area contributed by atoms with Crippen molar-refractivity contribution in [1.82, 2.24) is 0 Å².